The summed E-state index contributed by atoms with van der Waals surface area (Å²) in [6.07, 6.45) is 2.43. The molecule has 0 aliphatic carbocycles. The Morgan fingerprint density at radius 2 is 1.81 bits per heavy atom. The molecule has 0 rings (SSSR count). The topological polar surface area (TPSA) is 105 Å². The Balaban J connectivity index is 4.53. The number of carbonyl (C=O) groups excluding carboxylic acids is 2. The van der Waals surface area contributed by atoms with Gasteiger partial charge in [-0.2, -0.15) is 0 Å². The van der Waals surface area contributed by atoms with E-state index in [-0.39, 0.29) is 0 Å². The molecule has 1 atom stereocenters. The van der Waals surface area contributed by atoms with Crippen molar-refractivity contribution in [1.82, 2.24) is 10.6 Å². The van der Waals surface area contributed by atoms with Crippen LogP contribution in [0.3, 0.4) is 0 Å². The van der Waals surface area contributed by atoms with Crippen molar-refractivity contribution in [2.75, 3.05) is 6.54 Å². The molecule has 7 nitrogen and oxygen atoms in total. The number of unbranched alkanes of at least 4 members (excludes halogenated alkanes) is 2. The molecule has 0 aromatic heterocycles. The summed E-state index contributed by atoms with van der Waals surface area (Å²) in [5.74, 6) is -1.65. The normalized spacial score (nSPS) is 12.4. The fourth-order valence-corrected chi connectivity index (χ4v) is 1.60. The molecule has 7 heteroatoms. The van der Waals surface area contributed by atoms with Crippen LogP contribution in [-0.2, 0) is 14.3 Å². The van der Waals surface area contributed by atoms with E-state index in [1.165, 1.54) is 0 Å². The van der Waals surface area contributed by atoms with E-state index < -0.39 is 36.2 Å². The summed E-state index contributed by atoms with van der Waals surface area (Å²) in [7, 11) is 0. The largest absolute Gasteiger partial charge is 0.480 e. The van der Waals surface area contributed by atoms with Crippen molar-refractivity contribution < 1.29 is 24.2 Å². The van der Waals surface area contributed by atoms with Crippen molar-refractivity contribution in [3.05, 3.63) is 0 Å². The maximum Gasteiger partial charge on any atom is 0.408 e. The van der Waals surface area contributed by atoms with Gasteiger partial charge in [0, 0.05) is 0 Å². The molecule has 122 valence electrons. The molecule has 0 radical (unpaired) electrons. The quantitative estimate of drug-likeness (QED) is 0.591. The standard InChI is InChI=1S/C14H26N2O5/c1-5-6-7-8-10(12(19)15-9-11(17)18)16-13(20)21-14(2,3)4/h10H,5-9H2,1-4H3,(H,15,19)(H,16,20)(H,17,18). The molecule has 0 aromatic rings. The second-order valence-electron chi connectivity index (χ2n) is 5.81. The van der Waals surface area contributed by atoms with Crippen molar-refractivity contribution in [3.8, 4) is 0 Å². The zero-order valence-corrected chi connectivity index (χ0v) is 13.2. The molecular formula is C14H26N2O5. The molecule has 3 N–H and O–H groups in total. The molecule has 0 aliphatic heterocycles. The first-order valence-corrected chi connectivity index (χ1v) is 7.14. The molecule has 0 aromatic carbocycles. The third-order valence-electron chi connectivity index (χ3n) is 2.52. The van der Waals surface area contributed by atoms with Gasteiger partial charge in [-0.1, -0.05) is 26.2 Å². The van der Waals surface area contributed by atoms with Gasteiger partial charge in [0.15, 0.2) is 0 Å². The first kappa shape index (κ1) is 19.2. The summed E-state index contributed by atoms with van der Waals surface area (Å²) >= 11 is 0. The number of rotatable bonds is 8. The maximum atomic E-state index is 11.9. The predicted molar refractivity (Wildman–Crippen MR) is 77.9 cm³/mol. The fourth-order valence-electron chi connectivity index (χ4n) is 1.60. The number of nitrogens with one attached hydrogen (secondary N) is 2. The van der Waals surface area contributed by atoms with Gasteiger partial charge in [-0.3, -0.25) is 9.59 Å². The number of carboxylic acids is 1. The van der Waals surface area contributed by atoms with Gasteiger partial charge in [-0.05, 0) is 27.2 Å². The number of hydrogen-bond acceptors (Lipinski definition) is 4. The first-order chi connectivity index (χ1) is 9.65. The molecule has 0 saturated heterocycles. The second kappa shape index (κ2) is 9.20. The predicted octanol–water partition coefficient (Wildman–Crippen LogP) is 1.66. The SMILES string of the molecule is CCCCCC(NC(=O)OC(C)(C)C)C(=O)NCC(=O)O. The van der Waals surface area contributed by atoms with Crippen LogP contribution in [-0.4, -0.2) is 41.3 Å². The van der Waals surface area contributed by atoms with Crippen molar-refractivity contribution in [2.45, 2.75) is 65.0 Å². The Hall–Kier alpha value is -1.79. The molecule has 0 saturated carbocycles. The van der Waals surface area contributed by atoms with Crippen LogP contribution >= 0.6 is 0 Å². The summed E-state index contributed by atoms with van der Waals surface area (Å²) in [5, 5.41) is 13.3. The Morgan fingerprint density at radius 1 is 1.19 bits per heavy atom. The van der Waals surface area contributed by atoms with Crippen molar-refractivity contribution in [1.29, 1.82) is 0 Å². The minimum absolute atomic E-state index is 0.443. The van der Waals surface area contributed by atoms with Gasteiger partial charge in [0.1, 0.15) is 18.2 Å². The van der Waals surface area contributed by atoms with Gasteiger partial charge in [0.05, 0.1) is 0 Å². The highest BCUT2D eigenvalue weighted by Gasteiger charge is 2.24. The van der Waals surface area contributed by atoms with Crippen LogP contribution in [0.4, 0.5) is 4.79 Å². The van der Waals surface area contributed by atoms with Gasteiger partial charge in [0.2, 0.25) is 5.91 Å². The van der Waals surface area contributed by atoms with Crippen LogP contribution in [0, 0.1) is 0 Å². The smallest absolute Gasteiger partial charge is 0.408 e. The Kier molecular flexibility index (Phi) is 8.42. The average Bonchev–Trinajstić information content (AvgIpc) is 2.32. The van der Waals surface area contributed by atoms with Crippen LogP contribution in [0.15, 0.2) is 0 Å². The Labute approximate surface area is 125 Å². The molecular weight excluding hydrogens is 276 g/mol. The lowest BCUT2D eigenvalue weighted by atomic mass is 10.1. The number of ether oxygens (including phenoxy) is 1. The van der Waals surface area contributed by atoms with E-state index in [4.69, 9.17) is 9.84 Å². The lowest BCUT2D eigenvalue weighted by molar-refractivity contribution is -0.138. The molecule has 0 heterocycles. The number of amides is 2. The van der Waals surface area contributed by atoms with Crippen LogP contribution in [0.5, 0.6) is 0 Å². The highest BCUT2D eigenvalue weighted by molar-refractivity contribution is 5.87. The zero-order valence-electron chi connectivity index (χ0n) is 13.2. The highest BCUT2D eigenvalue weighted by atomic mass is 16.6. The first-order valence-electron chi connectivity index (χ1n) is 7.14. The highest BCUT2D eigenvalue weighted by Crippen LogP contribution is 2.09. The van der Waals surface area contributed by atoms with Crippen molar-refractivity contribution in [2.24, 2.45) is 0 Å². The minimum Gasteiger partial charge on any atom is -0.480 e. The monoisotopic (exact) mass is 302 g/mol. The van der Waals surface area contributed by atoms with Gasteiger partial charge < -0.3 is 20.5 Å². The van der Waals surface area contributed by atoms with E-state index in [9.17, 15) is 14.4 Å². The van der Waals surface area contributed by atoms with Gasteiger partial charge in [0.25, 0.3) is 0 Å². The summed E-state index contributed by atoms with van der Waals surface area (Å²) in [4.78, 5) is 34.1. The van der Waals surface area contributed by atoms with E-state index in [0.717, 1.165) is 19.3 Å². The Morgan fingerprint density at radius 3 is 2.29 bits per heavy atom. The number of alkyl carbamates (subject to hydrolysis) is 1. The summed E-state index contributed by atoms with van der Waals surface area (Å²) in [6.45, 7) is 6.73. The average molecular weight is 302 g/mol. The van der Waals surface area contributed by atoms with Crippen LogP contribution in [0.1, 0.15) is 53.4 Å². The second-order valence-corrected chi connectivity index (χ2v) is 5.81. The third kappa shape index (κ3) is 10.6. The molecule has 0 bridgehead atoms. The van der Waals surface area contributed by atoms with E-state index in [1.54, 1.807) is 20.8 Å². The molecule has 0 fully saturated rings. The zero-order chi connectivity index (χ0) is 16.5. The van der Waals surface area contributed by atoms with Gasteiger partial charge >= 0.3 is 12.1 Å². The fraction of sp³-hybridized carbons (Fsp3) is 0.786. The summed E-state index contributed by atoms with van der Waals surface area (Å²) in [6, 6.07) is -0.786. The van der Waals surface area contributed by atoms with Crippen LogP contribution < -0.4 is 10.6 Å². The number of hydrogen-bond donors (Lipinski definition) is 3. The lowest BCUT2D eigenvalue weighted by Crippen LogP contribution is -2.49. The number of carboxylic acid groups (broad SMARTS) is 1. The third-order valence-corrected chi connectivity index (χ3v) is 2.52. The van der Waals surface area contributed by atoms with E-state index in [0.29, 0.717) is 6.42 Å². The summed E-state index contributed by atoms with van der Waals surface area (Å²) in [5.41, 5.74) is -0.657. The number of aliphatic carboxylic acids is 1. The van der Waals surface area contributed by atoms with E-state index >= 15 is 0 Å². The minimum atomic E-state index is -1.13. The summed E-state index contributed by atoms with van der Waals surface area (Å²) < 4.78 is 5.10. The van der Waals surface area contributed by atoms with Crippen molar-refractivity contribution >= 4 is 18.0 Å². The molecule has 0 aliphatic rings. The van der Waals surface area contributed by atoms with Crippen molar-refractivity contribution in [3.63, 3.8) is 0 Å². The lowest BCUT2D eigenvalue weighted by Gasteiger charge is -2.23. The van der Waals surface area contributed by atoms with E-state index in [2.05, 4.69) is 10.6 Å². The maximum absolute atomic E-state index is 11.9. The van der Waals surface area contributed by atoms with Crippen LogP contribution in [0.2, 0.25) is 0 Å². The van der Waals surface area contributed by atoms with Gasteiger partial charge in [-0.25, -0.2) is 4.79 Å². The molecule has 2 amide bonds. The van der Waals surface area contributed by atoms with Crippen LogP contribution in [0.25, 0.3) is 0 Å². The molecule has 21 heavy (non-hydrogen) atoms. The van der Waals surface area contributed by atoms with Gasteiger partial charge in [-0.15, -0.1) is 0 Å². The molecule has 0 spiro atoms. The number of carbonyl (C=O) groups is 3. The Bertz CT molecular complexity index is 363. The molecule has 1 unspecified atom stereocenters. The van der Waals surface area contributed by atoms with E-state index in [1.807, 2.05) is 6.92 Å².